The van der Waals surface area contributed by atoms with E-state index in [1.165, 1.54) is 0 Å². The maximum absolute atomic E-state index is 12.4. The zero-order chi connectivity index (χ0) is 21.7. The number of amides is 1. The van der Waals surface area contributed by atoms with Gasteiger partial charge in [-0.2, -0.15) is 0 Å². The van der Waals surface area contributed by atoms with Crippen LogP contribution in [0.3, 0.4) is 0 Å². The van der Waals surface area contributed by atoms with Crippen LogP contribution in [0.25, 0.3) is 0 Å². The Labute approximate surface area is 187 Å². The van der Waals surface area contributed by atoms with Gasteiger partial charge in [-0.15, -0.1) is 0 Å². The largest absolute Gasteiger partial charge is 0.416 e. The van der Waals surface area contributed by atoms with Gasteiger partial charge in [-0.25, -0.2) is 0 Å². The van der Waals surface area contributed by atoms with Gasteiger partial charge >= 0.3 is 0 Å². The Kier molecular flexibility index (Phi) is 8.43. The van der Waals surface area contributed by atoms with Crippen molar-refractivity contribution in [2.75, 3.05) is 18.5 Å². The van der Waals surface area contributed by atoms with Crippen molar-refractivity contribution < 1.29 is 9.22 Å². The van der Waals surface area contributed by atoms with Crippen LogP contribution in [0, 0.1) is 0 Å². The molecule has 0 atom stereocenters. The number of hydrogen-bond donors (Lipinski definition) is 2. The number of halogens is 2. The quantitative estimate of drug-likeness (QED) is 0.353. The lowest BCUT2D eigenvalue weighted by Gasteiger charge is -2.36. The molecule has 1 aromatic heterocycles. The van der Waals surface area contributed by atoms with E-state index in [2.05, 4.69) is 65.4 Å². The first-order valence-corrected chi connectivity index (χ1v) is 13.6. The van der Waals surface area contributed by atoms with Crippen molar-refractivity contribution in [3.63, 3.8) is 0 Å². The Hall–Kier alpha value is -1.25. The molecular formula is C21H29BrClN3O2Si. The predicted octanol–water partition coefficient (Wildman–Crippen LogP) is 5.86. The number of nitrogens with one attached hydrogen (secondary N) is 2. The number of hydrogen-bond acceptors (Lipinski definition) is 4. The van der Waals surface area contributed by atoms with Crippen LogP contribution in [0.1, 0.15) is 36.8 Å². The average molecular weight is 499 g/mol. The smallest absolute Gasteiger partial charge is 0.274 e. The summed E-state index contributed by atoms with van der Waals surface area (Å²) in [6.07, 6.45) is 1.71. The molecular weight excluding hydrogens is 470 g/mol. The number of benzene rings is 1. The molecule has 0 aliphatic heterocycles. The molecule has 0 spiro atoms. The summed E-state index contributed by atoms with van der Waals surface area (Å²) in [5.74, 6) is -0.299. The van der Waals surface area contributed by atoms with Crippen LogP contribution in [0.5, 0.6) is 0 Å². The van der Waals surface area contributed by atoms with Crippen LogP contribution in [0.15, 0.2) is 41.0 Å². The molecule has 0 aliphatic carbocycles. The summed E-state index contributed by atoms with van der Waals surface area (Å²) in [6, 6.07) is 8.98. The highest BCUT2D eigenvalue weighted by Crippen LogP contribution is 2.36. The molecule has 2 rings (SSSR count). The monoisotopic (exact) mass is 497 g/mol. The molecule has 5 nitrogen and oxygen atoms in total. The summed E-state index contributed by atoms with van der Waals surface area (Å²) in [4.78, 5) is 16.7. The Morgan fingerprint density at radius 3 is 2.59 bits per heavy atom. The SMILES string of the molecule is CC(C)(C)[Si](C)(C)OCCNCc1ccc(C(=O)Nc2cccc(Br)c2Cl)nc1. The molecule has 8 heteroatoms. The third-order valence-electron chi connectivity index (χ3n) is 5.13. The normalized spacial score (nSPS) is 12.1. The van der Waals surface area contributed by atoms with E-state index in [-0.39, 0.29) is 10.9 Å². The first kappa shape index (κ1) is 24.0. The number of anilines is 1. The standard InChI is InChI=1S/C21H29BrClN3O2Si/c1-21(2,3)29(4,5)28-12-11-24-13-15-9-10-18(25-14-15)20(27)26-17-8-6-7-16(22)19(17)23/h6-10,14,24H,11-13H2,1-5H3,(H,26,27). The fourth-order valence-electron chi connectivity index (χ4n) is 2.28. The van der Waals surface area contributed by atoms with Gasteiger partial charge in [0.1, 0.15) is 5.69 Å². The molecule has 0 unspecified atom stereocenters. The van der Waals surface area contributed by atoms with Gasteiger partial charge in [0, 0.05) is 30.4 Å². The molecule has 2 aromatic rings. The van der Waals surface area contributed by atoms with E-state index < -0.39 is 8.32 Å². The fraction of sp³-hybridized carbons (Fsp3) is 0.429. The number of nitrogens with zero attached hydrogens (tertiary/aromatic N) is 1. The van der Waals surface area contributed by atoms with Gasteiger partial charge in [0.25, 0.3) is 5.91 Å². The maximum Gasteiger partial charge on any atom is 0.274 e. The second-order valence-corrected chi connectivity index (χ2v) is 14.4. The van der Waals surface area contributed by atoms with Crippen LogP contribution in [-0.4, -0.2) is 32.4 Å². The van der Waals surface area contributed by atoms with Crippen molar-refractivity contribution in [1.29, 1.82) is 0 Å². The van der Waals surface area contributed by atoms with Crippen molar-refractivity contribution in [2.24, 2.45) is 0 Å². The lowest BCUT2D eigenvalue weighted by molar-refractivity contribution is 0.102. The molecule has 0 radical (unpaired) electrons. The number of rotatable bonds is 8. The highest BCUT2D eigenvalue weighted by Gasteiger charge is 2.36. The lowest BCUT2D eigenvalue weighted by atomic mass is 10.2. The van der Waals surface area contributed by atoms with E-state index in [1.54, 1.807) is 18.3 Å². The van der Waals surface area contributed by atoms with Crippen LogP contribution in [-0.2, 0) is 11.0 Å². The molecule has 0 saturated heterocycles. The van der Waals surface area contributed by atoms with Crippen molar-refractivity contribution in [2.45, 2.75) is 45.4 Å². The molecule has 0 fully saturated rings. The summed E-state index contributed by atoms with van der Waals surface area (Å²) in [5, 5.41) is 6.82. The number of aromatic nitrogens is 1. The first-order chi connectivity index (χ1) is 13.5. The van der Waals surface area contributed by atoms with Crippen LogP contribution in [0.2, 0.25) is 23.2 Å². The van der Waals surface area contributed by atoms with Gasteiger partial charge in [-0.05, 0) is 57.8 Å². The molecule has 1 aromatic carbocycles. The van der Waals surface area contributed by atoms with Crippen molar-refractivity contribution in [1.82, 2.24) is 10.3 Å². The van der Waals surface area contributed by atoms with Gasteiger partial charge in [0.15, 0.2) is 8.32 Å². The Morgan fingerprint density at radius 2 is 1.97 bits per heavy atom. The van der Waals surface area contributed by atoms with Gasteiger partial charge in [0.05, 0.1) is 10.7 Å². The molecule has 0 aliphatic rings. The zero-order valence-electron chi connectivity index (χ0n) is 17.6. The third kappa shape index (κ3) is 6.89. The summed E-state index contributed by atoms with van der Waals surface area (Å²) in [7, 11) is -1.70. The van der Waals surface area contributed by atoms with E-state index in [4.69, 9.17) is 16.0 Å². The van der Waals surface area contributed by atoms with Gasteiger partial charge in [-0.1, -0.05) is 44.5 Å². The van der Waals surface area contributed by atoms with Gasteiger partial charge in [-0.3, -0.25) is 9.78 Å². The van der Waals surface area contributed by atoms with E-state index in [0.717, 1.165) is 16.6 Å². The average Bonchev–Trinajstić information content (AvgIpc) is 2.64. The molecule has 29 heavy (non-hydrogen) atoms. The maximum atomic E-state index is 12.4. The van der Waals surface area contributed by atoms with E-state index >= 15 is 0 Å². The number of carbonyl (C=O) groups is 1. The van der Waals surface area contributed by atoms with Crippen LogP contribution < -0.4 is 10.6 Å². The van der Waals surface area contributed by atoms with Crippen LogP contribution in [0.4, 0.5) is 5.69 Å². The molecule has 0 saturated carbocycles. The minimum atomic E-state index is -1.70. The summed E-state index contributed by atoms with van der Waals surface area (Å²) in [6.45, 7) is 13.4. The van der Waals surface area contributed by atoms with E-state index in [9.17, 15) is 4.79 Å². The van der Waals surface area contributed by atoms with E-state index in [1.807, 2.05) is 18.2 Å². The molecule has 1 heterocycles. The molecule has 2 N–H and O–H groups in total. The predicted molar refractivity (Wildman–Crippen MR) is 126 cm³/mol. The van der Waals surface area contributed by atoms with Crippen LogP contribution >= 0.6 is 27.5 Å². The highest BCUT2D eigenvalue weighted by atomic mass is 79.9. The summed E-state index contributed by atoms with van der Waals surface area (Å²) in [5.41, 5.74) is 1.89. The molecule has 158 valence electrons. The highest BCUT2D eigenvalue weighted by molar-refractivity contribution is 9.10. The zero-order valence-corrected chi connectivity index (χ0v) is 20.9. The summed E-state index contributed by atoms with van der Waals surface area (Å²) >= 11 is 9.53. The minimum absolute atomic E-state index is 0.216. The second-order valence-electron chi connectivity index (χ2n) is 8.39. The topological polar surface area (TPSA) is 63.2 Å². The molecule has 0 bridgehead atoms. The number of carbonyl (C=O) groups excluding carboxylic acids is 1. The summed E-state index contributed by atoms with van der Waals surface area (Å²) < 4.78 is 6.88. The van der Waals surface area contributed by atoms with Crippen molar-refractivity contribution in [3.05, 3.63) is 57.3 Å². The Morgan fingerprint density at radius 1 is 1.24 bits per heavy atom. The number of pyridine rings is 1. The first-order valence-electron chi connectivity index (χ1n) is 9.56. The van der Waals surface area contributed by atoms with E-state index in [0.29, 0.717) is 29.6 Å². The lowest BCUT2D eigenvalue weighted by Crippen LogP contribution is -2.42. The second kappa shape index (κ2) is 10.2. The third-order valence-corrected chi connectivity index (χ3v) is 11.0. The minimum Gasteiger partial charge on any atom is -0.416 e. The van der Waals surface area contributed by atoms with Crippen molar-refractivity contribution in [3.8, 4) is 0 Å². The molecule has 1 amide bonds. The van der Waals surface area contributed by atoms with Crippen molar-refractivity contribution >= 4 is 47.4 Å². The Bertz CT molecular complexity index is 839. The fourth-order valence-corrected chi connectivity index (χ4v) is 3.86. The van der Waals surface area contributed by atoms with Gasteiger partial charge in [0.2, 0.25) is 0 Å². The van der Waals surface area contributed by atoms with Gasteiger partial charge < -0.3 is 15.1 Å². The Balaban J connectivity index is 1.81.